The van der Waals surface area contributed by atoms with Crippen molar-refractivity contribution >= 4 is 29.0 Å². The van der Waals surface area contributed by atoms with Crippen LogP contribution in [0.3, 0.4) is 0 Å². The molecule has 1 aromatic rings. The molecule has 0 saturated heterocycles. The zero-order chi connectivity index (χ0) is 12.3. The van der Waals surface area contributed by atoms with Gasteiger partial charge in [-0.3, -0.25) is 4.79 Å². The van der Waals surface area contributed by atoms with Crippen LogP contribution in [-0.2, 0) is 0 Å². The molecule has 0 unspecified atom stereocenters. The van der Waals surface area contributed by atoms with Crippen LogP contribution in [0.4, 0.5) is 0 Å². The first-order chi connectivity index (χ1) is 7.46. The van der Waals surface area contributed by atoms with Gasteiger partial charge in [-0.25, -0.2) is 0 Å². The topological polar surface area (TPSA) is 43.1 Å². The third-order valence-corrected chi connectivity index (χ3v) is 3.73. The van der Waals surface area contributed by atoms with Gasteiger partial charge in [0.1, 0.15) is 0 Å². The number of rotatable bonds is 4. The molecule has 1 aromatic carbocycles. The average Bonchev–Trinajstić information content (AvgIpc) is 2.31. The lowest BCUT2D eigenvalue weighted by Crippen LogP contribution is -2.46. The number of ketones is 1. The molecule has 1 rings (SSSR count). The fourth-order valence-electron chi connectivity index (χ4n) is 1.52. The van der Waals surface area contributed by atoms with E-state index in [-0.39, 0.29) is 10.8 Å². The standard InChI is InChI=1S/C12H15Cl2NO/c1-3-12(15,4-2)11(16)8-6-5-7-9(13)10(8)14/h5-7H,3-4,15H2,1-2H3. The van der Waals surface area contributed by atoms with Crippen LogP contribution in [0, 0.1) is 0 Å². The zero-order valence-corrected chi connectivity index (χ0v) is 10.9. The molecule has 0 aromatic heterocycles. The predicted octanol–water partition coefficient (Wildman–Crippen LogP) is 3.69. The molecule has 0 amide bonds. The molecule has 0 aliphatic rings. The summed E-state index contributed by atoms with van der Waals surface area (Å²) >= 11 is 11.9. The third-order valence-electron chi connectivity index (χ3n) is 2.91. The van der Waals surface area contributed by atoms with Crippen LogP contribution >= 0.6 is 23.2 Å². The number of halogens is 2. The number of carbonyl (C=O) groups excluding carboxylic acids is 1. The van der Waals surface area contributed by atoms with E-state index >= 15 is 0 Å². The Morgan fingerprint density at radius 1 is 1.31 bits per heavy atom. The smallest absolute Gasteiger partial charge is 0.184 e. The van der Waals surface area contributed by atoms with Gasteiger partial charge in [-0.1, -0.05) is 43.1 Å². The molecule has 0 spiro atoms. The summed E-state index contributed by atoms with van der Waals surface area (Å²) in [5, 5.41) is 0.660. The number of hydrogen-bond donors (Lipinski definition) is 1. The number of Topliss-reactive ketones (excluding diaryl/α,β-unsaturated/α-hetero) is 1. The van der Waals surface area contributed by atoms with Gasteiger partial charge in [-0.05, 0) is 25.0 Å². The molecule has 0 aliphatic carbocycles. The molecule has 16 heavy (non-hydrogen) atoms. The molecule has 0 saturated carbocycles. The van der Waals surface area contributed by atoms with Gasteiger partial charge in [-0.15, -0.1) is 0 Å². The van der Waals surface area contributed by atoms with Crippen molar-refractivity contribution in [2.24, 2.45) is 5.73 Å². The lowest BCUT2D eigenvalue weighted by molar-refractivity contribution is 0.0879. The van der Waals surface area contributed by atoms with Crippen LogP contribution in [-0.4, -0.2) is 11.3 Å². The Kier molecular flexibility index (Phi) is 4.36. The SMILES string of the molecule is CCC(N)(CC)C(=O)c1cccc(Cl)c1Cl. The van der Waals surface area contributed by atoms with Crippen molar-refractivity contribution in [1.82, 2.24) is 0 Å². The molecule has 2 N–H and O–H groups in total. The molecular weight excluding hydrogens is 245 g/mol. The second kappa shape index (κ2) is 5.17. The maximum atomic E-state index is 12.2. The van der Waals surface area contributed by atoms with Crippen LogP contribution in [0.2, 0.25) is 10.0 Å². The van der Waals surface area contributed by atoms with E-state index in [1.165, 1.54) is 0 Å². The van der Waals surface area contributed by atoms with E-state index in [9.17, 15) is 4.79 Å². The van der Waals surface area contributed by atoms with Gasteiger partial charge < -0.3 is 5.73 Å². The fourth-order valence-corrected chi connectivity index (χ4v) is 1.90. The summed E-state index contributed by atoms with van der Waals surface area (Å²) in [4.78, 5) is 12.2. The monoisotopic (exact) mass is 259 g/mol. The molecule has 0 heterocycles. The highest BCUT2D eigenvalue weighted by Gasteiger charge is 2.32. The summed E-state index contributed by atoms with van der Waals surface area (Å²) in [5.41, 5.74) is 5.59. The van der Waals surface area contributed by atoms with Gasteiger partial charge in [0.25, 0.3) is 0 Å². The van der Waals surface area contributed by atoms with Crippen molar-refractivity contribution in [3.05, 3.63) is 33.8 Å². The van der Waals surface area contributed by atoms with E-state index in [0.29, 0.717) is 23.4 Å². The quantitative estimate of drug-likeness (QED) is 0.839. The van der Waals surface area contributed by atoms with Gasteiger partial charge in [0, 0.05) is 5.56 Å². The van der Waals surface area contributed by atoms with Crippen LogP contribution in [0.1, 0.15) is 37.0 Å². The van der Waals surface area contributed by atoms with Crippen molar-refractivity contribution < 1.29 is 4.79 Å². The average molecular weight is 260 g/mol. The second-order valence-corrected chi connectivity index (χ2v) is 4.58. The highest BCUT2D eigenvalue weighted by Crippen LogP contribution is 2.29. The lowest BCUT2D eigenvalue weighted by Gasteiger charge is -2.25. The minimum Gasteiger partial charge on any atom is -0.319 e. The van der Waals surface area contributed by atoms with E-state index in [1.807, 2.05) is 13.8 Å². The summed E-state index contributed by atoms with van der Waals surface area (Å²) in [6, 6.07) is 5.01. The number of nitrogens with two attached hydrogens (primary N) is 1. The minimum atomic E-state index is -0.853. The van der Waals surface area contributed by atoms with Crippen LogP contribution < -0.4 is 5.73 Å². The van der Waals surface area contributed by atoms with Crippen LogP contribution in [0.25, 0.3) is 0 Å². The maximum Gasteiger partial charge on any atom is 0.184 e. The Bertz CT molecular complexity index is 400. The fraction of sp³-hybridized carbons (Fsp3) is 0.417. The lowest BCUT2D eigenvalue weighted by atomic mass is 9.85. The molecule has 4 heteroatoms. The van der Waals surface area contributed by atoms with Crippen LogP contribution in [0.5, 0.6) is 0 Å². The van der Waals surface area contributed by atoms with Gasteiger partial charge in [0.05, 0.1) is 15.6 Å². The Balaban J connectivity index is 3.19. The number of benzene rings is 1. The number of carbonyl (C=O) groups is 1. The van der Waals surface area contributed by atoms with Crippen LogP contribution in [0.15, 0.2) is 18.2 Å². The summed E-state index contributed by atoms with van der Waals surface area (Å²) in [7, 11) is 0. The van der Waals surface area contributed by atoms with Crippen molar-refractivity contribution in [2.45, 2.75) is 32.2 Å². The van der Waals surface area contributed by atoms with Gasteiger partial charge >= 0.3 is 0 Å². The van der Waals surface area contributed by atoms with Crippen molar-refractivity contribution in [3.63, 3.8) is 0 Å². The summed E-state index contributed by atoms with van der Waals surface area (Å²) < 4.78 is 0. The molecule has 0 fully saturated rings. The Hall–Kier alpha value is -0.570. The molecule has 2 nitrogen and oxygen atoms in total. The van der Waals surface area contributed by atoms with E-state index in [1.54, 1.807) is 18.2 Å². The Morgan fingerprint density at radius 2 is 1.88 bits per heavy atom. The van der Waals surface area contributed by atoms with E-state index in [4.69, 9.17) is 28.9 Å². The van der Waals surface area contributed by atoms with Crippen molar-refractivity contribution in [1.29, 1.82) is 0 Å². The second-order valence-electron chi connectivity index (χ2n) is 3.79. The summed E-state index contributed by atoms with van der Waals surface area (Å²) in [6.07, 6.45) is 1.15. The molecule has 0 radical (unpaired) electrons. The zero-order valence-electron chi connectivity index (χ0n) is 9.39. The normalized spacial score (nSPS) is 11.6. The summed E-state index contributed by atoms with van der Waals surface area (Å²) in [5.74, 6) is -0.148. The minimum absolute atomic E-state index is 0.148. The first-order valence-electron chi connectivity index (χ1n) is 5.24. The van der Waals surface area contributed by atoms with E-state index in [0.717, 1.165) is 0 Å². The van der Waals surface area contributed by atoms with E-state index < -0.39 is 5.54 Å². The Morgan fingerprint density at radius 3 is 2.38 bits per heavy atom. The van der Waals surface area contributed by atoms with Crippen molar-refractivity contribution in [2.75, 3.05) is 0 Å². The predicted molar refractivity (Wildman–Crippen MR) is 68.3 cm³/mol. The molecule has 0 bridgehead atoms. The van der Waals surface area contributed by atoms with E-state index in [2.05, 4.69) is 0 Å². The van der Waals surface area contributed by atoms with Crippen molar-refractivity contribution in [3.8, 4) is 0 Å². The summed E-state index contributed by atoms with van der Waals surface area (Å²) in [6.45, 7) is 3.78. The maximum absolute atomic E-state index is 12.2. The molecule has 0 aliphatic heterocycles. The number of hydrogen-bond acceptors (Lipinski definition) is 2. The Labute approximate surface area is 106 Å². The molecule has 0 atom stereocenters. The first kappa shape index (κ1) is 13.5. The third kappa shape index (κ3) is 2.40. The van der Waals surface area contributed by atoms with Gasteiger partial charge in [-0.2, -0.15) is 0 Å². The molecule has 88 valence electrons. The first-order valence-corrected chi connectivity index (χ1v) is 5.99. The van der Waals surface area contributed by atoms with Gasteiger partial charge in [0.2, 0.25) is 0 Å². The largest absolute Gasteiger partial charge is 0.319 e. The highest BCUT2D eigenvalue weighted by atomic mass is 35.5. The van der Waals surface area contributed by atoms with Gasteiger partial charge in [0.15, 0.2) is 5.78 Å². The molecular formula is C12H15Cl2NO. The highest BCUT2D eigenvalue weighted by molar-refractivity contribution is 6.44.